The number of benzene rings is 1. The van der Waals surface area contributed by atoms with Gasteiger partial charge in [-0.1, -0.05) is 31.3 Å². The highest BCUT2D eigenvalue weighted by atomic mass is 16.5. The fourth-order valence-corrected chi connectivity index (χ4v) is 2.10. The lowest BCUT2D eigenvalue weighted by molar-refractivity contribution is 0.0891. The molecule has 4 heteroatoms. The van der Waals surface area contributed by atoms with Crippen molar-refractivity contribution in [1.29, 1.82) is 0 Å². The predicted molar refractivity (Wildman–Crippen MR) is 83.2 cm³/mol. The zero-order valence-electron chi connectivity index (χ0n) is 12.9. The van der Waals surface area contributed by atoms with E-state index < -0.39 is 0 Å². The molecule has 4 nitrogen and oxygen atoms in total. The minimum atomic E-state index is -0.193. The van der Waals surface area contributed by atoms with Gasteiger partial charge in [0.1, 0.15) is 6.61 Å². The van der Waals surface area contributed by atoms with Crippen LogP contribution in [0.15, 0.2) is 18.2 Å². The van der Waals surface area contributed by atoms with E-state index in [0.717, 1.165) is 24.0 Å². The van der Waals surface area contributed by atoms with Crippen molar-refractivity contribution in [1.82, 2.24) is 5.32 Å². The number of aliphatic hydroxyl groups is 1. The molecule has 1 aromatic carbocycles. The van der Waals surface area contributed by atoms with Crippen molar-refractivity contribution in [2.75, 3.05) is 20.3 Å². The molecule has 0 radical (unpaired) electrons. The lowest BCUT2D eigenvalue weighted by Gasteiger charge is -2.18. The Kier molecular flexibility index (Phi) is 7.52. The number of methoxy groups -OCH3 is 1. The number of ether oxygens (including phenoxy) is 1. The molecule has 1 rings (SSSR count). The average Bonchev–Trinajstić information content (AvgIpc) is 2.46. The van der Waals surface area contributed by atoms with Crippen LogP contribution in [0.3, 0.4) is 0 Å². The summed E-state index contributed by atoms with van der Waals surface area (Å²) in [4.78, 5) is 12.4. The van der Waals surface area contributed by atoms with E-state index in [1.54, 1.807) is 13.2 Å². The first kappa shape index (κ1) is 17.2. The molecule has 2 N–H and O–H groups in total. The second-order valence-corrected chi connectivity index (χ2v) is 4.90. The van der Waals surface area contributed by atoms with Crippen LogP contribution in [0.25, 0.3) is 0 Å². The standard InChI is InChI=1S/C17H23NO3/c1-4-6-15(12-21-3)18-17(20)16-11-14(7-5-10-19)9-8-13(16)2/h8-9,11,15,19H,4,6,10,12H2,1-3H3,(H,18,20). The van der Waals surface area contributed by atoms with E-state index in [2.05, 4.69) is 24.1 Å². The number of aryl methyl sites for hydroxylation is 1. The second-order valence-electron chi connectivity index (χ2n) is 4.90. The molecular weight excluding hydrogens is 266 g/mol. The molecule has 0 fully saturated rings. The van der Waals surface area contributed by atoms with Crippen LogP contribution in [0.2, 0.25) is 0 Å². The molecule has 0 saturated carbocycles. The van der Waals surface area contributed by atoms with Gasteiger partial charge in [-0.2, -0.15) is 0 Å². The highest BCUT2D eigenvalue weighted by Gasteiger charge is 2.15. The van der Waals surface area contributed by atoms with Gasteiger partial charge in [-0.25, -0.2) is 0 Å². The number of rotatable bonds is 6. The summed E-state index contributed by atoms with van der Waals surface area (Å²) < 4.78 is 5.14. The number of hydrogen-bond donors (Lipinski definition) is 2. The van der Waals surface area contributed by atoms with Crippen molar-refractivity contribution in [3.05, 3.63) is 34.9 Å². The first-order valence-electron chi connectivity index (χ1n) is 7.12. The zero-order chi connectivity index (χ0) is 15.7. The van der Waals surface area contributed by atoms with Gasteiger partial charge in [-0.15, -0.1) is 0 Å². The van der Waals surface area contributed by atoms with Crippen LogP contribution in [0.1, 0.15) is 41.3 Å². The van der Waals surface area contributed by atoms with Crippen LogP contribution in [0, 0.1) is 18.8 Å². The van der Waals surface area contributed by atoms with E-state index in [9.17, 15) is 4.79 Å². The first-order valence-corrected chi connectivity index (χ1v) is 7.12. The van der Waals surface area contributed by atoms with E-state index in [1.807, 2.05) is 19.1 Å². The van der Waals surface area contributed by atoms with Gasteiger partial charge in [0.2, 0.25) is 0 Å². The van der Waals surface area contributed by atoms with Crippen LogP contribution in [-0.4, -0.2) is 37.4 Å². The Morgan fingerprint density at radius 3 is 2.86 bits per heavy atom. The van der Waals surface area contributed by atoms with Gasteiger partial charge in [0.15, 0.2) is 0 Å². The van der Waals surface area contributed by atoms with E-state index in [1.165, 1.54) is 0 Å². The summed E-state index contributed by atoms with van der Waals surface area (Å²) in [6.45, 7) is 4.28. The fourth-order valence-electron chi connectivity index (χ4n) is 2.10. The van der Waals surface area contributed by atoms with Crippen LogP contribution in [0.4, 0.5) is 0 Å². The normalized spacial score (nSPS) is 11.4. The summed E-state index contributed by atoms with van der Waals surface area (Å²) in [5.41, 5.74) is 2.23. The van der Waals surface area contributed by atoms with Gasteiger partial charge >= 0.3 is 0 Å². The summed E-state index contributed by atoms with van der Waals surface area (Å²) >= 11 is 0. The monoisotopic (exact) mass is 289 g/mol. The van der Waals surface area contributed by atoms with Crippen LogP contribution < -0.4 is 5.32 Å². The summed E-state index contributed by atoms with van der Waals surface area (Å²) in [5.74, 6) is 5.29. The van der Waals surface area contributed by atoms with Crippen molar-refractivity contribution in [2.45, 2.75) is 32.7 Å². The summed E-state index contributed by atoms with van der Waals surface area (Å²) in [5, 5.41) is 11.7. The van der Waals surface area contributed by atoms with E-state index >= 15 is 0 Å². The molecule has 0 aliphatic rings. The number of aliphatic hydroxyl groups excluding tert-OH is 1. The van der Waals surface area contributed by atoms with Gasteiger partial charge in [-0.3, -0.25) is 4.79 Å². The smallest absolute Gasteiger partial charge is 0.251 e. The average molecular weight is 289 g/mol. The third kappa shape index (κ3) is 5.58. The molecule has 1 aromatic rings. The van der Waals surface area contributed by atoms with Crippen molar-refractivity contribution < 1.29 is 14.6 Å². The van der Waals surface area contributed by atoms with E-state index in [4.69, 9.17) is 9.84 Å². The zero-order valence-corrected chi connectivity index (χ0v) is 12.9. The molecule has 1 atom stereocenters. The molecule has 0 aliphatic carbocycles. The molecular formula is C17H23NO3. The topological polar surface area (TPSA) is 58.6 Å². The largest absolute Gasteiger partial charge is 0.384 e. The number of carbonyl (C=O) groups is 1. The predicted octanol–water partition coefficient (Wildman–Crippen LogP) is 1.88. The van der Waals surface area contributed by atoms with Gasteiger partial charge < -0.3 is 15.2 Å². The maximum Gasteiger partial charge on any atom is 0.251 e. The number of hydrogen-bond acceptors (Lipinski definition) is 3. The van der Waals surface area contributed by atoms with Crippen LogP contribution in [0.5, 0.6) is 0 Å². The summed E-state index contributed by atoms with van der Waals surface area (Å²) in [6, 6.07) is 5.47. The molecule has 1 unspecified atom stereocenters. The highest BCUT2D eigenvalue weighted by molar-refractivity contribution is 5.96. The summed E-state index contributed by atoms with van der Waals surface area (Å²) in [6.07, 6.45) is 1.86. The fraction of sp³-hybridized carbons (Fsp3) is 0.471. The molecule has 0 spiro atoms. The van der Waals surface area contributed by atoms with Gasteiger partial charge in [0.25, 0.3) is 5.91 Å². The lowest BCUT2D eigenvalue weighted by atomic mass is 10.0. The SMILES string of the molecule is CCCC(COC)NC(=O)c1cc(C#CCO)ccc1C. The minimum Gasteiger partial charge on any atom is -0.384 e. The third-order valence-electron chi connectivity index (χ3n) is 3.13. The van der Waals surface area contributed by atoms with Gasteiger partial charge in [0.05, 0.1) is 12.6 Å². The molecule has 114 valence electrons. The second kappa shape index (κ2) is 9.17. The van der Waals surface area contributed by atoms with Crippen LogP contribution in [-0.2, 0) is 4.74 Å². The molecule has 0 aliphatic heterocycles. The number of nitrogens with one attached hydrogen (secondary N) is 1. The Balaban J connectivity index is 2.89. The molecule has 21 heavy (non-hydrogen) atoms. The van der Waals surface area contributed by atoms with Crippen molar-refractivity contribution in [3.8, 4) is 11.8 Å². The Morgan fingerprint density at radius 1 is 1.48 bits per heavy atom. The molecule has 0 aromatic heterocycles. The molecule has 1 amide bonds. The molecule has 0 heterocycles. The quantitative estimate of drug-likeness (QED) is 0.786. The Morgan fingerprint density at radius 2 is 2.24 bits per heavy atom. The number of carbonyl (C=O) groups excluding carboxylic acids is 1. The minimum absolute atomic E-state index is 0.0130. The van der Waals surface area contributed by atoms with Crippen molar-refractivity contribution in [2.24, 2.45) is 0 Å². The van der Waals surface area contributed by atoms with E-state index in [-0.39, 0.29) is 18.6 Å². The number of amides is 1. The third-order valence-corrected chi connectivity index (χ3v) is 3.13. The summed E-state index contributed by atoms with van der Waals surface area (Å²) in [7, 11) is 1.63. The molecule has 0 bridgehead atoms. The van der Waals surface area contributed by atoms with E-state index in [0.29, 0.717) is 12.2 Å². The Labute approximate surface area is 126 Å². The van der Waals surface area contributed by atoms with Gasteiger partial charge in [0, 0.05) is 18.2 Å². The van der Waals surface area contributed by atoms with Crippen LogP contribution >= 0.6 is 0 Å². The Bertz CT molecular complexity index is 523. The lowest BCUT2D eigenvalue weighted by Crippen LogP contribution is -2.38. The van der Waals surface area contributed by atoms with Crippen molar-refractivity contribution in [3.63, 3.8) is 0 Å². The maximum absolute atomic E-state index is 12.4. The molecule has 0 saturated heterocycles. The maximum atomic E-state index is 12.4. The first-order chi connectivity index (χ1) is 10.1. The van der Waals surface area contributed by atoms with Gasteiger partial charge in [-0.05, 0) is 31.0 Å². The Hall–Kier alpha value is -1.83. The highest BCUT2D eigenvalue weighted by Crippen LogP contribution is 2.11. The van der Waals surface area contributed by atoms with Crippen molar-refractivity contribution >= 4 is 5.91 Å².